The van der Waals surface area contributed by atoms with E-state index in [4.69, 9.17) is 0 Å². The monoisotopic (exact) mass is 459 g/mol. The van der Waals surface area contributed by atoms with Gasteiger partial charge in [-0.3, -0.25) is 13.9 Å². The van der Waals surface area contributed by atoms with Crippen molar-refractivity contribution in [3.8, 4) is 0 Å². The molecule has 7 nitrogen and oxygen atoms in total. The number of sulfonamides is 1. The molecule has 0 aliphatic heterocycles. The van der Waals surface area contributed by atoms with E-state index in [0.29, 0.717) is 18.7 Å². The topological polar surface area (TPSA) is 86.8 Å². The number of hydrogen-bond donors (Lipinski definition) is 1. The molecule has 0 spiro atoms. The first kappa shape index (κ1) is 25.4. The number of nitrogens with one attached hydrogen (secondary N) is 1. The number of carbonyl (C=O) groups excluding carboxylic acids is 2. The molecule has 0 aromatic heterocycles. The predicted molar refractivity (Wildman–Crippen MR) is 128 cm³/mol. The van der Waals surface area contributed by atoms with Gasteiger partial charge >= 0.3 is 0 Å². The summed E-state index contributed by atoms with van der Waals surface area (Å²) in [5.41, 5.74) is 3.58. The van der Waals surface area contributed by atoms with Gasteiger partial charge in [0.2, 0.25) is 21.8 Å². The van der Waals surface area contributed by atoms with Crippen LogP contribution < -0.4 is 9.62 Å². The average molecular weight is 460 g/mol. The lowest BCUT2D eigenvalue weighted by molar-refractivity contribution is -0.140. The summed E-state index contributed by atoms with van der Waals surface area (Å²) in [5.74, 6) is -0.442. The lowest BCUT2D eigenvalue weighted by Crippen LogP contribution is -2.46. The first-order valence-electron chi connectivity index (χ1n) is 10.6. The Morgan fingerprint density at radius 1 is 1.03 bits per heavy atom. The molecular formula is C24H33N3O4S. The van der Waals surface area contributed by atoms with Gasteiger partial charge in [0.15, 0.2) is 0 Å². The maximum absolute atomic E-state index is 13.1. The van der Waals surface area contributed by atoms with Crippen molar-refractivity contribution >= 4 is 27.5 Å². The van der Waals surface area contributed by atoms with Gasteiger partial charge in [-0.2, -0.15) is 0 Å². The minimum Gasteiger partial charge on any atom is -0.357 e. The first-order chi connectivity index (χ1) is 15.0. The Labute approximate surface area is 191 Å². The number of carbonyl (C=O) groups is 2. The minimum atomic E-state index is -3.49. The Balaban J connectivity index is 2.13. The number of likely N-dealkylation sites (N-methyl/N-ethyl adjacent to an activating group) is 1. The van der Waals surface area contributed by atoms with Gasteiger partial charge in [-0.05, 0) is 50.5 Å². The Hall–Kier alpha value is -2.87. The molecule has 1 atom stereocenters. The van der Waals surface area contributed by atoms with E-state index in [1.807, 2.05) is 50.2 Å². The molecule has 0 bridgehead atoms. The Morgan fingerprint density at radius 2 is 1.69 bits per heavy atom. The van der Waals surface area contributed by atoms with Crippen LogP contribution in [-0.2, 0) is 26.2 Å². The summed E-state index contributed by atoms with van der Waals surface area (Å²) in [6.45, 7) is 6.07. The van der Waals surface area contributed by atoms with E-state index in [0.717, 1.165) is 22.9 Å². The fourth-order valence-electron chi connectivity index (χ4n) is 3.47. The molecule has 0 saturated carbocycles. The molecule has 0 aliphatic rings. The number of nitrogens with zero attached hydrogens (tertiary/aromatic N) is 2. The SMILES string of the molecule is CNC(=O)[C@H](C)N(Cc1ccc(C)cc1)C(=O)CCCN(c1cccc(C)c1)S(C)(=O)=O. The molecule has 0 heterocycles. The van der Waals surface area contributed by atoms with Gasteiger partial charge in [-0.1, -0.05) is 42.0 Å². The molecule has 2 aromatic carbocycles. The quantitative estimate of drug-likeness (QED) is 0.592. The second-order valence-electron chi connectivity index (χ2n) is 8.08. The first-order valence-corrected chi connectivity index (χ1v) is 12.5. The van der Waals surface area contributed by atoms with Crippen LogP contribution in [0.3, 0.4) is 0 Å². The number of rotatable bonds is 10. The van der Waals surface area contributed by atoms with Crippen LogP contribution in [0.15, 0.2) is 48.5 Å². The summed E-state index contributed by atoms with van der Waals surface area (Å²) in [6, 6.07) is 14.4. The highest BCUT2D eigenvalue weighted by atomic mass is 32.2. The molecule has 2 rings (SSSR count). The zero-order valence-corrected chi connectivity index (χ0v) is 20.3. The van der Waals surface area contributed by atoms with Gasteiger partial charge in [0, 0.05) is 26.6 Å². The molecule has 0 radical (unpaired) electrons. The molecular weight excluding hydrogens is 426 g/mol. The van der Waals surface area contributed by atoms with Crippen LogP contribution >= 0.6 is 0 Å². The molecule has 0 fully saturated rings. The smallest absolute Gasteiger partial charge is 0.242 e. The summed E-state index contributed by atoms with van der Waals surface area (Å²) < 4.78 is 26.0. The van der Waals surface area contributed by atoms with Crippen LogP contribution in [0.5, 0.6) is 0 Å². The summed E-state index contributed by atoms with van der Waals surface area (Å²) in [6.07, 6.45) is 1.63. The van der Waals surface area contributed by atoms with E-state index < -0.39 is 16.1 Å². The molecule has 0 aliphatic carbocycles. The van der Waals surface area contributed by atoms with Crippen molar-refractivity contribution in [2.45, 2.75) is 46.2 Å². The summed E-state index contributed by atoms with van der Waals surface area (Å²) >= 11 is 0. The van der Waals surface area contributed by atoms with Crippen molar-refractivity contribution in [3.63, 3.8) is 0 Å². The second-order valence-corrected chi connectivity index (χ2v) is 9.98. The summed E-state index contributed by atoms with van der Waals surface area (Å²) in [4.78, 5) is 26.9. The number of aryl methyl sites for hydroxylation is 2. The van der Waals surface area contributed by atoms with Gasteiger partial charge in [-0.25, -0.2) is 8.42 Å². The lowest BCUT2D eigenvalue weighted by Gasteiger charge is -2.29. The van der Waals surface area contributed by atoms with Gasteiger partial charge in [0.25, 0.3) is 0 Å². The van der Waals surface area contributed by atoms with E-state index >= 15 is 0 Å². The molecule has 32 heavy (non-hydrogen) atoms. The van der Waals surface area contributed by atoms with E-state index in [-0.39, 0.29) is 24.8 Å². The summed E-state index contributed by atoms with van der Waals surface area (Å²) in [5, 5.41) is 2.60. The molecule has 0 unspecified atom stereocenters. The Morgan fingerprint density at radius 3 is 2.25 bits per heavy atom. The number of benzene rings is 2. The van der Waals surface area contributed by atoms with Crippen LogP contribution in [0, 0.1) is 13.8 Å². The number of hydrogen-bond acceptors (Lipinski definition) is 4. The molecule has 8 heteroatoms. The minimum absolute atomic E-state index is 0.130. The third-order valence-electron chi connectivity index (χ3n) is 5.33. The number of amides is 2. The fourth-order valence-corrected chi connectivity index (χ4v) is 4.43. The van der Waals surface area contributed by atoms with E-state index in [9.17, 15) is 18.0 Å². The van der Waals surface area contributed by atoms with Crippen molar-refractivity contribution < 1.29 is 18.0 Å². The molecule has 2 amide bonds. The average Bonchev–Trinajstić information content (AvgIpc) is 2.74. The molecule has 0 saturated heterocycles. The largest absolute Gasteiger partial charge is 0.357 e. The van der Waals surface area contributed by atoms with Gasteiger partial charge < -0.3 is 10.2 Å². The highest BCUT2D eigenvalue weighted by Crippen LogP contribution is 2.20. The summed E-state index contributed by atoms with van der Waals surface area (Å²) in [7, 11) is -1.95. The molecule has 1 N–H and O–H groups in total. The van der Waals surface area contributed by atoms with Gasteiger partial charge in [0.05, 0.1) is 11.9 Å². The van der Waals surface area contributed by atoms with Gasteiger partial charge in [0.1, 0.15) is 6.04 Å². The fraction of sp³-hybridized carbons (Fsp3) is 0.417. The maximum atomic E-state index is 13.1. The molecule has 2 aromatic rings. The van der Waals surface area contributed by atoms with Crippen LogP contribution in [-0.4, -0.2) is 51.0 Å². The third kappa shape index (κ3) is 7.09. The highest BCUT2D eigenvalue weighted by molar-refractivity contribution is 7.92. The van der Waals surface area contributed by atoms with Crippen molar-refractivity contribution in [3.05, 3.63) is 65.2 Å². The van der Waals surface area contributed by atoms with Crippen LogP contribution in [0.4, 0.5) is 5.69 Å². The van der Waals surface area contributed by atoms with Crippen molar-refractivity contribution in [2.75, 3.05) is 24.2 Å². The van der Waals surface area contributed by atoms with Crippen LogP contribution in [0.2, 0.25) is 0 Å². The number of anilines is 1. The standard InChI is InChI=1S/C24H33N3O4S/c1-18-11-13-21(14-12-18)17-26(20(3)24(29)25-4)23(28)10-7-15-27(32(5,30)31)22-9-6-8-19(2)16-22/h6,8-9,11-14,16,20H,7,10,15,17H2,1-5H3,(H,25,29)/t20-/m0/s1. The van der Waals surface area contributed by atoms with Crippen molar-refractivity contribution in [2.24, 2.45) is 0 Å². The maximum Gasteiger partial charge on any atom is 0.242 e. The van der Waals surface area contributed by atoms with Gasteiger partial charge in [-0.15, -0.1) is 0 Å². The van der Waals surface area contributed by atoms with Crippen LogP contribution in [0.1, 0.15) is 36.5 Å². The third-order valence-corrected chi connectivity index (χ3v) is 6.52. The second kappa shape index (κ2) is 11.1. The van der Waals surface area contributed by atoms with Crippen molar-refractivity contribution in [1.82, 2.24) is 10.2 Å². The van der Waals surface area contributed by atoms with E-state index in [1.54, 1.807) is 31.0 Å². The zero-order valence-electron chi connectivity index (χ0n) is 19.5. The Kier molecular flexibility index (Phi) is 8.83. The predicted octanol–water partition coefficient (Wildman–Crippen LogP) is 3.01. The highest BCUT2D eigenvalue weighted by Gasteiger charge is 2.26. The lowest BCUT2D eigenvalue weighted by atomic mass is 10.1. The van der Waals surface area contributed by atoms with Crippen molar-refractivity contribution in [1.29, 1.82) is 0 Å². The normalized spacial score (nSPS) is 12.2. The Bertz CT molecular complexity index is 1040. The van der Waals surface area contributed by atoms with E-state index in [2.05, 4.69) is 5.32 Å². The van der Waals surface area contributed by atoms with E-state index in [1.165, 1.54) is 4.31 Å². The van der Waals surface area contributed by atoms with Crippen LogP contribution in [0.25, 0.3) is 0 Å². The zero-order chi connectivity index (χ0) is 23.9. The molecule has 174 valence electrons.